The number of alkyl halides is 3. The molecule has 0 spiro atoms. The zero-order chi connectivity index (χ0) is 27.6. The molecule has 39 heavy (non-hydrogen) atoms. The number of hydrogen-bond acceptors (Lipinski definition) is 6. The van der Waals surface area contributed by atoms with E-state index < -0.39 is 29.4 Å². The highest BCUT2D eigenvalue weighted by Crippen LogP contribution is 2.31. The van der Waals surface area contributed by atoms with Crippen molar-refractivity contribution in [1.29, 1.82) is 0 Å². The summed E-state index contributed by atoms with van der Waals surface area (Å²) in [5, 5.41) is 15.8. The van der Waals surface area contributed by atoms with Gasteiger partial charge < -0.3 is 20.3 Å². The number of rotatable bonds is 9. The fraction of sp³-hybridized carbons (Fsp3) is 0.519. The summed E-state index contributed by atoms with van der Waals surface area (Å²) in [4.78, 5) is 37.9. The largest absolute Gasteiger partial charge is 0.475 e. The Hall–Kier alpha value is -3.70. The molecule has 208 valence electrons. The lowest BCUT2D eigenvalue weighted by Gasteiger charge is -2.25. The van der Waals surface area contributed by atoms with Gasteiger partial charge in [0.05, 0.1) is 12.1 Å². The van der Waals surface area contributed by atoms with E-state index in [2.05, 4.69) is 25.6 Å². The summed E-state index contributed by atoms with van der Waals surface area (Å²) in [5.41, 5.74) is 0.109. The van der Waals surface area contributed by atoms with Crippen LogP contribution >= 0.6 is 0 Å². The van der Waals surface area contributed by atoms with Crippen LogP contribution in [-0.4, -0.2) is 49.1 Å². The highest BCUT2D eigenvalue weighted by atomic mass is 19.4. The predicted molar refractivity (Wildman–Crippen MR) is 138 cm³/mol. The number of imidazole rings is 1. The van der Waals surface area contributed by atoms with Gasteiger partial charge >= 0.3 is 12.1 Å². The maximum absolute atomic E-state index is 13.4. The van der Waals surface area contributed by atoms with Gasteiger partial charge in [-0.05, 0) is 42.9 Å². The maximum Gasteiger partial charge on any atom is 0.416 e. The molecule has 5 rings (SSSR count). The van der Waals surface area contributed by atoms with Gasteiger partial charge in [-0.15, -0.1) is 0 Å². The quantitative estimate of drug-likeness (QED) is 0.336. The Morgan fingerprint density at radius 2 is 1.69 bits per heavy atom. The van der Waals surface area contributed by atoms with E-state index in [1.165, 1.54) is 18.6 Å². The first-order valence-corrected chi connectivity index (χ1v) is 13.4. The molecule has 0 unspecified atom stereocenters. The summed E-state index contributed by atoms with van der Waals surface area (Å²) in [6.07, 6.45) is 4.75. The molecular weight excluding hydrogens is 513 g/mol. The first-order chi connectivity index (χ1) is 18.7. The number of carboxylic acids is 1. The average molecular weight is 545 g/mol. The van der Waals surface area contributed by atoms with E-state index in [1.54, 1.807) is 4.57 Å². The summed E-state index contributed by atoms with van der Waals surface area (Å²) < 4.78 is 40.9. The highest BCUT2D eigenvalue weighted by molar-refractivity contribution is 5.97. The Morgan fingerprint density at radius 1 is 0.974 bits per heavy atom. The zero-order valence-corrected chi connectivity index (χ0v) is 21.4. The predicted octanol–water partition coefficient (Wildman–Crippen LogP) is 5.26. The Kier molecular flexibility index (Phi) is 7.72. The smallest absolute Gasteiger partial charge is 0.416 e. The van der Waals surface area contributed by atoms with Crippen molar-refractivity contribution in [2.75, 3.05) is 11.9 Å². The second-order valence-corrected chi connectivity index (χ2v) is 10.4. The Balaban J connectivity index is 1.54. The second kappa shape index (κ2) is 11.2. The third-order valence-corrected chi connectivity index (χ3v) is 7.63. The third-order valence-electron chi connectivity index (χ3n) is 7.63. The Bertz CT molecular complexity index is 1350. The van der Waals surface area contributed by atoms with Crippen molar-refractivity contribution in [3.63, 3.8) is 0 Å². The van der Waals surface area contributed by atoms with Gasteiger partial charge in [0.25, 0.3) is 5.91 Å². The number of aromatic carboxylic acids is 1. The van der Waals surface area contributed by atoms with Crippen LogP contribution in [0.3, 0.4) is 0 Å². The van der Waals surface area contributed by atoms with Crippen LogP contribution in [0, 0.1) is 5.92 Å². The van der Waals surface area contributed by atoms with Crippen LogP contribution < -0.4 is 10.6 Å². The summed E-state index contributed by atoms with van der Waals surface area (Å²) in [6, 6.07) is 4.69. The minimum atomic E-state index is -4.47. The van der Waals surface area contributed by atoms with Crippen molar-refractivity contribution in [1.82, 2.24) is 24.8 Å². The molecule has 2 heterocycles. The van der Waals surface area contributed by atoms with Crippen molar-refractivity contribution < 1.29 is 27.9 Å². The molecule has 0 saturated heterocycles. The Morgan fingerprint density at radius 3 is 2.31 bits per heavy atom. The molecule has 0 aliphatic heterocycles. The molecule has 1 amide bonds. The van der Waals surface area contributed by atoms with Crippen LogP contribution in [0.5, 0.6) is 0 Å². The maximum atomic E-state index is 13.4. The SMILES string of the molecule is O=C(O)c1nc(NCCC2CCC2)c2c(n1)nc(C(=O)NC1CCCCC1)n2Cc1ccc(C(F)(F)F)cc1. The van der Waals surface area contributed by atoms with E-state index in [9.17, 15) is 27.9 Å². The molecule has 2 aromatic heterocycles. The highest BCUT2D eigenvalue weighted by Gasteiger charge is 2.30. The number of anilines is 1. The van der Waals surface area contributed by atoms with E-state index in [4.69, 9.17) is 0 Å². The molecule has 0 radical (unpaired) electrons. The number of carboxylic acid groups (broad SMARTS) is 1. The molecule has 9 nitrogen and oxygen atoms in total. The average Bonchev–Trinajstić information content (AvgIpc) is 3.24. The molecule has 3 aromatic rings. The fourth-order valence-electron chi connectivity index (χ4n) is 5.24. The van der Waals surface area contributed by atoms with Gasteiger partial charge in [-0.1, -0.05) is 50.7 Å². The van der Waals surface area contributed by atoms with Crippen molar-refractivity contribution in [2.45, 2.75) is 76.6 Å². The van der Waals surface area contributed by atoms with E-state index in [0.29, 0.717) is 23.5 Å². The van der Waals surface area contributed by atoms with Crippen LogP contribution in [0.15, 0.2) is 24.3 Å². The molecule has 1 aromatic carbocycles. The van der Waals surface area contributed by atoms with Crippen LogP contribution in [0.1, 0.15) is 90.2 Å². The van der Waals surface area contributed by atoms with Gasteiger partial charge in [0.2, 0.25) is 11.6 Å². The van der Waals surface area contributed by atoms with Crippen LogP contribution in [0.4, 0.5) is 19.0 Å². The van der Waals surface area contributed by atoms with E-state index in [1.807, 2.05) is 0 Å². The van der Waals surface area contributed by atoms with E-state index in [-0.39, 0.29) is 29.9 Å². The third kappa shape index (κ3) is 6.15. The number of hydrogen-bond donors (Lipinski definition) is 3. The van der Waals surface area contributed by atoms with Gasteiger partial charge in [-0.2, -0.15) is 13.2 Å². The van der Waals surface area contributed by atoms with Crippen molar-refractivity contribution >= 4 is 28.9 Å². The summed E-state index contributed by atoms with van der Waals surface area (Å²) in [7, 11) is 0. The molecule has 0 atom stereocenters. The molecule has 2 fully saturated rings. The minimum absolute atomic E-state index is 0.00804. The molecule has 2 aliphatic rings. The first kappa shape index (κ1) is 26.9. The van der Waals surface area contributed by atoms with Gasteiger partial charge in [-0.25, -0.2) is 19.7 Å². The number of nitrogens with one attached hydrogen (secondary N) is 2. The summed E-state index contributed by atoms with van der Waals surface area (Å²) in [5.74, 6) is -1.38. The Labute approximate surface area is 223 Å². The number of carbonyl (C=O) groups excluding carboxylic acids is 1. The van der Waals surface area contributed by atoms with Gasteiger partial charge in [0.1, 0.15) is 5.52 Å². The molecular formula is C27H31F3N6O3. The van der Waals surface area contributed by atoms with Crippen molar-refractivity contribution in [3.8, 4) is 0 Å². The summed E-state index contributed by atoms with van der Waals surface area (Å²) >= 11 is 0. The number of aromatic nitrogens is 4. The zero-order valence-electron chi connectivity index (χ0n) is 21.4. The monoisotopic (exact) mass is 544 g/mol. The number of halogens is 3. The van der Waals surface area contributed by atoms with Crippen LogP contribution in [-0.2, 0) is 12.7 Å². The van der Waals surface area contributed by atoms with Crippen molar-refractivity contribution in [2.24, 2.45) is 5.92 Å². The topological polar surface area (TPSA) is 122 Å². The molecule has 12 heteroatoms. The first-order valence-electron chi connectivity index (χ1n) is 13.4. The number of nitrogens with zero attached hydrogens (tertiary/aromatic N) is 4. The van der Waals surface area contributed by atoms with Gasteiger partial charge in [0.15, 0.2) is 11.5 Å². The minimum Gasteiger partial charge on any atom is -0.475 e. The number of carbonyl (C=O) groups is 2. The van der Waals surface area contributed by atoms with Crippen LogP contribution in [0.2, 0.25) is 0 Å². The van der Waals surface area contributed by atoms with E-state index in [0.717, 1.165) is 63.5 Å². The standard InChI is InChI=1S/C27H31F3N6O3/c28-27(29,30)18-11-9-17(10-12-18)15-36-20-21(31-14-13-16-5-4-6-16)33-23(26(38)39)34-22(20)35-24(36)25(37)32-19-7-2-1-3-8-19/h9-12,16,19H,1-8,13-15H2,(H,32,37)(H,38,39)(H,31,33,34). The molecule has 2 aliphatic carbocycles. The number of benzene rings is 1. The normalized spacial score (nSPS) is 16.7. The van der Waals surface area contributed by atoms with Gasteiger partial charge in [0, 0.05) is 12.6 Å². The van der Waals surface area contributed by atoms with Crippen LogP contribution in [0.25, 0.3) is 11.2 Å². The lowest BCUT2D eigenvalue weighted by molar-refractivity contribution is -0.137. The number of amides is 1. The van der Waals surface area contributed by atoms with Crippen molar-refractivity contribution in [3.05, 3.63) is 47.0 Å². The lowest BCUT2D eigenvalue weighted by atomic mass is 9.83. The summed E-state index contributed by atoms with van der Waals surface area (Å²) in [6.45, 7) is 0.569. The fourth-order valence-corrected chi connectivity index (χ4v) is 5.24. The van der Waals surface area contributed by atoms with Gasteiger partial charge in [-0.3, -0.25) is 4.79 Å². The lowest BCUT2D eigenvalue weighted by Crippen LogP contribution is -2.37. The molecule has 0 bridgehead atoms. The van der Waals surface area contributed by atoms with E-state index >= 15 is 0 Å². The number of fused-ring (bicyclic) bond motifs is 1. The molecule has 2 saturated carbocycles. The molecule has 3 N–H and O–H groups in total. The second-order valence-electron chi connectivity index (χ2n) is 10.4.